The minimum absolute atomic E-state index is 0.00240. The first-order chi connectivity index (χ1) is 14.6. The third kappa shape index (κ3) is 4.48. The maximum atomic E-state index is 13.2. The molecule has 0 bridgehead atoms. The number of phenolic OH excluding ortho intramolecular Hbond substituents is 1. The van der Waals surface area contributed by atoms with Gasteiger partial charge in [-0.25, -0.2) is 0 Å². The number of benzene rings is 2. The van der Waals surface area contributed by atoms with Crippen LogP contribution in [0.25, 0.3) is 11.0 Å². The molecule has 1 heterocycles. The molecular weight excluding hydrogens is 392 g/mol. The number of hydrogen-bond donors (Lipinski definition) is 2. The van der Waals surface area contributed by atoms with Crippen LogP contribution in [-0.2, 0) is 19.0 Å². The number of para-hydroxylation sites is 2. The van der Waals surface area contributed by atoms with Crippen LogP contribution in [0, 0.1) is 16.7 Å². The van der Waals surface area contributed by atoms with Crippen molar-refractivity contribution in [2.45, 2.75) is 45.6 Å². The van der Waals surface area contributed by atoms with Gasteiger partial charge in [0.25, 0.3) is 0 Å². The van der Waals surface area contributed by atoms with Crippen LogP contribution in [0.15, 0.2) is 36.4 Å². The normalized spacial score (nSPS) is 11.5. The molecule has 3 rings (SSSR count). The van der Waals surface area contributed by atoms with Crippen LogP contribution in [0.1, 0.15) is 49.5 Å². The van der Waals surface area contributed by atoms with Gasteiger partial charge in [-0.05, 0) is 36.1 Å². The Morgan fingerprint density at radius 3 is 2.55 bits per heavy atom. The molecule has 7 heteroatoms. The molecule has 0 saturated heterocycles. The van der Waals surface area contributed by atoms with Gasteiger partial charge in [0.1, 0.15) is 0 Å². The van der Waals surface area contributed by atoms with Gasteiger partial charge >= 0.3 is 0 Å². The Labute approximate surface area is 181 Å². The minimum Gasteiger partial charge on any atom is -0.504 e. The van der Waals surface area contributed by atoms with E-state index in [9.17, 15) is 9.90 Å². The number of nitrogens with one attached hydrogen (secondary N) is 1. The van der Waals surface area contributed by atoms with E-state index in [2.05, 4.69) is 6.07 Å². The Hall–Kier alpha value is -3.53. The third-order valence-corrected chi connectivity index (χ3v) is 5.30. The highest BCUT2D eigenvalue weighted by molar-refractivity contribution is 5.97. The summed E-state index contributed by atoms with van der Waals surface area (Å²) in [5, 5.41) is 27.8. The molecule has 2 N–H and O–H groups in total. The number of Topliss-reactive ketones (excluding diaryl/α,β-unsaturated/α-hetero) is 1. The molecule has 0 amide bonds. The number of aryl methyl sites for hydroxylation is 1. The van der Waals surface area contributed by atoms with E-state index in [1.165, 1.54) is 0 Å². The van der Waals surface area contributed by atoms with Crippen molar-refractivity contribution >= 4 is 16.8 Å². The number of phenols is 1. The summed E-state index contributed by atoms with van der Waals surface area (Å²) in [5.74, 6) is 0.0740. The topological polar surface area (TPSA) is 104 Å². The van der Waals surface area contributed by atoms with E-state index in [1.807, 2.05) is 45.0 Å². The number of hydrogen-bond acceptors (Lipinski definition) is 5. The van der Waals surface area contributed by atoms with Gasteiger partial charge in [-0.3, -0.25) is 10.2 Å². The zero-order valence-corrected chi connectivity index (χ0v) is 18.4. The number of rotatable bonds is 7. The molecule has 162 valence electrons. The van der Waals surface area contributed by atoms with Crippen molar-refractivity contribution in [2.75, 3.05) is 6.61 Å². The lowest BCUT2D eigenvalue weighted by molar-refractivity contribution is 0.0971. The van der Waals surface area contributed by atoms with E-state index in [1.54, 1.807) is 28.3 Å². The predicted octanol–water partition coefficient (Wildman–Crippen LogP) is 4.03. The Morgan fingerprint density at radius 1 is 1.23 bits per heavy atom. The number of fused-ring (bicyclic) bond motifs is 1. The summed E-state index contributed by atoms with van der Waals surface area (Å²) in [6.07, 6.45) is 0.891. The Balaban J connectivity index is 2.00. The van der Waals surface area contributed by atoms with Crippen molar-refractivity contribution in [3.63, 3.8) is 0 Å². The Bertz CT molecular complexity index is 1220. The second-order valence-corrected chi connectivity index (χ2v) is 8.61. The molecule has 0 aliphatic carbocycles. The molecule has 0 radical (unpaired) electrons. The average molecular weight is 421 g/mol. The summed E-state index contributed by atoms with van der Waals surface area (Å²) in [7, 11) is 1.80. The number of unbranched alkanes of at least 4 members (excludes halogenated alkanes) is 1. The third-order valence-electron chi connectivity index (χ3n) is 5.30. The summed E-state index contributed by atoms with van der Waals surface area (Å²) in [6.45, 7) is 6.14. The number of ketones is 1. The maximum Gasteiger partial charge on any atom is 0.203 e. The molecule has 0 aliphatic heterocycles. The second kappa shape index (κ2) is 8.68. The zero-order valence-electron chi connectivity index (χ0n) is 18.4. The highest BCUT2D eigenvalue weighted by Crippen LogP contribution is 2.39. The molecule has 31 heavy (non-hydrogen) atoms. The van der Waals surface area contributed by atoms with Crippen LogP contribution in [-0.4, -0.2) is 26.6 Å². The standard InChI is InChI=1S/C24H28N4O3/c1-24(2,3)17-13-16(14-21(22(17)30)31-12-8-7-11-25)20(29)15-28-19-10-6-5-9-18(19)27(4)23(28)26/h5-6,9-10,13-14,26,30H,7-8,12,15H2,1-4H3. The van der Waals surface area contributed by atoms with Crippen molar-refractivity contribution in [1.82, 2.24) is 9.13 Å². The molecule has 3 aromatic rings. The number of aromatic nitrogens is 2. The first-order valence-corrected chi connectivity index (χ1v) is 10.2. The molecule has 0 aliphatic rings. The summed E-state index contributed by atoms with van der Waals surface area (Å²) in [5.41, 5.74) is 2.55. The van der Waals surface area contributed by atoms with Crippen molar-refractivity contribution < 1.29 is 14.6 Å². The van der Waals surface area contributed by atoms with Crippen molar-refractivity contribution in [1.29, 1.82) is 10.7 Å². The maximum absolute atomic E-state index is 13.2. The Morgan fingerprint density at radius 2 is 1.90 bits per heavy atom. The van der Waals surface area contributed by atoms with E-state index in [0.29, 0.717) is 24.0 Å². The lowest BCUT2D eigenvalue weighted by Crippen LogP contribution is -2.26. The van der Waals surface area contributed by atoms with Gasteiger partial charge < -0.3 is 19.0 Å². The lowest BCUT2D eigenvalue weighted by Gasteiger charge is -2.23. The smallest absolute Gasteiger partial charge is 0.203 e. The van der Waals surface area contributed by atoms with Gasteiger partial charge in [-0.15, -0.1) is 0 Å². The molecule has 2 aromatic carbocycles. The summed E-state index contributed by atoms with van der Waals surface area (Å²) < 4.78 is 9.13. The molecule has 0 fully saturated rings. The van der Waals surface area contributed by atoms with Crippen LogP contribution in [0.3, 0.4) is 0 Å². The summed E-state index contributed by atoms with van der Waals surface area (Å²) >= 11 is 0. The fraction of sp³-hybridized carbons (Fsp3) is 0.375. The van der Waals surface area contributed by atoms with Crippen molar-refractivity contribution in [3.05, 3.63) is 53.1 Å². The number of carbonyl (C=O) groups is 1. The highest BCUT2D eigenvalue weighted by atomic mass is 16.5. The summed E-state index contributed by atoms with van der Waals surface area (Å²) in [6, 6.07) is 12.9. The van der Waals surface area contributed by atoms with Crippen LogP contribution in [0.5, 0.6) is 11.5 Å². The number of carbonyl (C=O) groups excluding carboxylic acids is 1. The van der Waals surface area contributed by atoms with Crippen LogP contribution < -0.4 is 10.4 Å². The number of imidazole rings is 1. The van der Waals surface area contributed by atoms with E-state index < -0.39 is 5.41 Å². The van der Waals surface area contributed by atoms with Gasteiger partial charge in [-0.2, -0.15) is 5.26 Å². The molecule has 0 atom stereocenters. The summed E-state index contributed by atoms with van der Waals surface area (Å²) in [4.78, 5) is 13.2. The Kier molecular flexibility index (Phi) is 6.21. The molecule has 0 saturated carbocycles. The molecule has 7 nitrogen and oxygen atoms in total. The molecule has 0 unspecified atom stereocenters. The molecule has 0 spiro atoms. The van der Waals surface area contributed by atoms with Gasteiger partial charge in [0.2, 0.25) is 5.62 Å². The van der Waals surface area contributed by atoms with Gasteiger partial charge in [0.15, 0.2) is 17.3 Å². The molecule has 1 aromatic heterocycles. The monoisotopic (exact) mass is 420 g/mol. The van der Waals surface area contributed by atoms with Crippen LogP contribution in [0.4, 0.5) is 0 Å². The number of nitriles is 1. The number of aromatic hydroxyl groups is 1. The van der Waals surface area contributed by atoms with E-state index in [0.717, 1.165) is 11.0 Å². The zero-order chi connectivity index (χ0) is 22.8. The number of nitrogens with zero attached hydrogens (tertiary/aromatic N) is 3. The van der Waals surface area contributed by atoms with E-state index in [4.69, 9.17) is 15.4 Å². The van der Waals surface area contributed by atoms with E-state index >= 15 is 0 Å². The average Bonchev–Trinajstić information content (AvgIpc) is 2.96. The molecular formula is C24H28N4O3. The fourth-order valence-corrected chi connectivity index (χ4v) is 3.56. The SMILES string of the molecule is Cn1c(=N)n(CC(=O)c2cc(OCCCC#N)c(O)c(C(C)(C)C)c2)c2ccccc21. The van der Waals surface area contributed by atoms with Crippen molar-refractivity contribution in [3.8, 4) is 17.6 Å². The minimum atomic E-state index is -0.404. The largest absolute Gasteiger partial charge is 0.504 e. The van der Waals surface area contributed by atoms with Crippen molar-refractivity contribution in [2.24, 2.45) is 7.05 Å². The lowest BCUT2D eigenvalue weighted by atomic mass is 9.84. The van der Waals surface area contributed by atoms with Crippen LogP contribution in [0.2, 0.25) is 0 Å². The fourth-order valence-electron chi connectivity index (χ4n) is 3.56. The van der Waals surface area contributed by atoms with E-state index in [-0.39, 0.29) is 36.1 Å². The highest BCUT2D eigenvalue weighted by Gasteiger charge is 2.24. The quantitative estimate of drug-likeness (QED) is 0.445. The first kappa shape index (κ1) is 22.2. The predicted molar refractivity (Wildman–Crippen MR) is 118 cm³/mol. The second-order valence-electron chi connectivity index (χ2n) is 8.61. The number of ether oxygens (including phenoxy) is 1. The first-order valence-electron chi connectivity index (χ1n) is 10.2. The van der Waals surface area contributed by atoms with Crippen LogP contribution >= 0.6 is 0 Å². The van der Waals surface area contributed by atoms with Gasteiger partial charge in [0, 0.05) is 24.6 Å². The van der Waals surface area contributed by atoms with Gasteiger partial charge in [0.05, 0.1) is 30.3 Å². The van der Waals surface area contributed by atoms with Gasteiger partial charge in [-0.1, -0.05) is 32.9 Å².